The minimum absolute atomic E-state index is 0.212. The molecule has 0 amide bonds. The van der Waals surface area contributed by atoms with Gasteiger partial charge in [0, 0.05) is 24.5 Å². The topological polar surface area (TPSA) is 34.1 Å². The van der Waals surface area contributed by atoms with Crippen molar-refractivity contribution in [3.63, 3.8) is 0 Å². The molecule has 1 heterocycles. The smallest absolute Gasteiger partial charge is 0.165 e. The van der Waals surface area contributed by atoms with Gasteiger partial charge in [0.05, 0.1) is 5.02 Å². The van der Waals surface area contributed by atoms with Gasteiger partial charge in [0.15, 0.2) is 11.6 Å². The molecular formula is C14H14ClFN2O. The molecule has 0 aliphatic carbocycles. The van der Waals surface area contributed by atoms with Crippen LogP contribution in [-0.4, -0.2) is 12.0 Å². The highest BCUT2D eigenvalue weighted by atomic mass is 35.5. The molecule has 2 aromatic rings. The molecule has 100 valence electrons. The summed E-state index contributed by atoms with van der Waals surface area (Å²) in [5.74, 6) is -0.161. The average Bonchev–Trinajstić information content (AvgIpc) is 2.40. The molecule has 1 N–H and O–H groups in total. The van der Waals surface area contributed by atoms with E-state index in [0.717, 1.165) is 11.1 Å². The van der Waals surface area contributed by atoms with E-state index in [-0.39, 0.29) is 18.2 Å². The van der Waals surface area contributed by atoms with Crippen molar-refractivity contribution >= 4 is 11.6 Å². The molecule has 0 saturated carbocycles. The van der Waals surface area contributed by atoms with Crippen LogP contribution in [-0.2, 0) is 13.2 Å². The van der Waals surface area contributed by atoms with Gasteiger partial charge in [-0.15, -0.1) is 0 Å². The summed E-state index contributed by atoms with van der Waals surface area (Å²) in [5.41, 5.74) is 1.64. The number of halogens is 2. The largest absolute Gasteiger partial charge is 0.486 e. The van der Waals surface area contributed by atoms with Gasteiger partial charge in [-0.3, -0.25) is 4.98 Å². The molecule has 1 aromatic carbocycles. The van der Waals surface area contributed by atoms with Gasteiger partial charge in [-0.2, -0.15) is 0 Å². The third-order valence-electron chi connectivity index (χ3n) is 2.62. The Hall–Kier alpha value is -1.65. The normalized spacial score (nSPS) is 10.5. The van der Waals surface area contributed by atoms with Crippen LogP contribution in [0.4, 0.5) is 4.39 Å². The van der Waals surface area contributed by atoms with Gasteiger partial charge in [-0.1, -0.05) is 17.7 Å². The summed E-state index contributed by atoms with van der Waals surface area (Å²) in [4.78, 5) is 3.88. The first kappa shape index (κ1) is 13.8. The van der Waals surface area contributed by atoms with Crippen LogP contribution in [0.3, 0.4) is 0 Å². The molecule has 1 aromatic heterocycles. The average molecular weight is 281 g/mol. The van der Waals surface area contributed by atoms with Crippen molar-refractivity contribution in [3.05, 3.63) is 58.6 Å². The van der Waals surface area contributed by atoms with Crippen LogP contribution < -0.4 is 10.1 Å². The first-order chi connectivity index (χ1) is 9.20. The van der Waals surface area contributed by atoms with Gasteiger partial charge in [0.25, 0.3) is 0 Å². The quantitative estimate of drug-likeness (QED) is 0.913. The second kappa shape index (κ2) is 6.50. The number of nitrogens with one attached hydrogen (secondary N) is 1. The molecule has 3 nitrogen and oxygen atoms in total. The van der Waals surface area contributed by atoms with E-state index in [9.17, 15) is 4.39 Å². The Morgan fingerprint density at radius 2 is 2.21 bits per heavy atom. The van der Waals surface area contributed by atoms with Crippen LogP contribution in [0.25, 0.3) is 0 Å². The fraction of sp³-hybridized carbons (Fsp3) is 0.214. The Bertz CT molecular complexity index is 563. The van der Waals surface area contributed by atoms with E-state index in [1.807, 2.05) is 13.1 Å². The maximum atomic E-state index is 13.8. The predicted octanol–water partition coefficient (Wildman–Crippen LogP) is 3.17. The summed E-state index contributed by atoms with van der Waals surface area (Å²) in [7, 11) is 1.81. The zero-order valence-electron chi connectivity index (χ0n) is 10.5. The third-order valence-corrected chi connectivity index (χ3v) is 2.96. The maximum absolute atomic E-state index is 13.8. The minimum atomic E-state index is -0.377. The standard InChI is InChI=1S/C14H14ClFN2O/c1-17-7-10-2-3-14(13(16)6-10)19-9-11-4-5-18-8-12(11)15/h2-6,8,17H,7,9H2,1H3. The molecule has 0 fully saturated rings. The first-order valence-electron chi connectivity index (χ1n) is 5.85. The fourth-order valence-electron chi connectivity index (χ4n) is 1.65. The number of nitrogens with zero attached hydrogens (tertiary/aromatic N) is 1. The van der Waals surface area contributed by atoms with Crippen molar-refractivity contribution < 1.29 is 9.13 Å². The Kier molecular flexibility index (Phi) is 4.71. The summed E-state index contributed by atoms with van der Waals surface area (Å²) in [6.07, 6.45) is 3.16. The summed E-state index contributed by atoms with van der Waals surface area (Å²) >= 11 is 5.95. The van der Waals surface area contributed by atoms with Crippen LogP contribution in [0.5, 0.6) is 5.75 Å². The Morgan fingerprint density at radius 3 is 2.89 bits per heavy atom. The van der Waals surface area contributed by atoms with Crippen molar-refractivity contribution in [2.24, 2.45) is 0 Å². The van der Waals surface area contributed by atoms with Crippen LogP contribution in [0.1, 0.15) is 11.1 Å². The number of pyridine rings is 1. The van der Waals surface area contributed by atoms with Crippen LogP contribution in [0, 0.1) is 5.82 Å². The molecule has 5 heteroatoms. The number of aromatic nitrogens is 1. The fourth-order valence-corrected chi connectivity index (χ4v) is 1.83. The first-order valence-corrected chi connectivity index (χ1v) is 6.22. The summed E-state index contributed by atoms with van der Waals surface area (Å²) < 4.78 is 19.2. The lowest BCUT2D eigenvalue weighted by atomic mass is 10.2. The number of hydrogen-bond acceptors (Lipinski definition) is 3. The highest BCUT2D eigenvalue weighted by Gasteiger charge is 2.06. The number of ether oxygens (including phenoxy) is 1. The minimum Gasteiger partial charge on any atom is -0.486 e. The zero-order chi connectivity index (χ0) is 13.7. The molecule has 0 bridgehead atoms. The van der Waals surface area contributed by atoms with Crippen molar-refractivity contribution in [2.45, 2.75) is 13.2 Å². The Balaban J connectivity index is 2.06. The molecule has 0 aliphatic heterocycles. The summed E-state index contributed by atoms with van der Waals surface area (Å²) in [6.45, 7) is 0.830. The monoisotopic (exact) mass is 280 g/mol. The van der Waals surface area contributed by atoms with Crippen molar-refractivity contribution in [3.8, 4) is 5.75 Å². The lowest BCUT2D eigenvalue weighted by Gasteiger charge is -2.09. The van der Waals surface area contributed by atoms with Gasteiger partial charge >= 0.3 is 0 Å². The van der Waals surface area contributed by atoms with E-state index < -0.39 is 0 Å². The highest BCUT2D eigenvalue weighted by molar-refractivity contribution is 6.31. The maximum Gasteiger partial charge on any atom is 0.165 e. The van der Waals surface area contributed by atoms with Crippen LogP contribution in [0.2, 0.25) is 5.02 Å². The van der Waals surface area contributed by atoms with E-state index >= 15 is 0 Å². The lowest BCUT2D eigenvalue weighted by molar-refractivity contribution is 0.290. The Morgan fingerprint density at radius 1 is 1.37 bits per heavy atom. The number of rotatable bonds is 5. The van der Waals surface area contributed by atoms with Crippen LogP contribution in [0.15, 0.2) is 36.7 Å². The van der Waals surface area contributed by atoms with Gasteiger partial charge in [-0.25, -0.2) is 4.39 Å². The SMILES string of the molecule is CNCc1ccc(OCc2ccncc2Cl)c(F)c1. The second-order valence-corrected chi connectivity index (χ2v) is 4.46. The van der Waals surface area contributed by atoms with Crippen molar-refractivity contribution in [1.82, 2.24) is 10.3 Å². The molecule has 2 rings (SSSR count). The van der Waals surface area contributed by atoms with Gasteiger partial charge in [0.1, 0.15) is 6.61 Å². The van der Waals surface area contributed by atoms with E-state index in [4.69, 9.17) is 16.3 Å². The van der Waals surface area contributed by atoms with E-state index in [1.54, 1.807) is 18.3 Å². The molecular weight excluding hydrogens is 267 g/mol. The molecule has 0 radical (unpaired) electrons. The second-order valence-electron chi connectivity index (χ2n) is 4.05. The molecule has 0 spiro atoms. The van der Waals surface area contributed by atoms with Crippen molar-refractivity contribution in [1.29, 1.82) is 0 Å². The summed E-state index contributed by atoms with van der Waals surface area (Å²) in [6, 6.07) is 6.65. The van der Waals surface area contributed by atoms with Gasteiger partial charge in [0.2, 0.25) is 0 Å². The molecule has 0 aliphatic rings. The molecule has 19 heavy (non-hydrogen) atoms. The number of benzene rings is 1. The highest BCUT2D eigenvalue weighted by Crippen LogP contribution is 2.21. The summed E-state index contributed by atoms with van der Waals surface area (Å²) in [5, 5.41) is 3.47. The van der Waals surface area contributed by atoms with Crippen LogP contribution >= 0.6 is 11.6 Å². The molecule has 0 unspecified atom stereocenters. The number of hydrogen-bond donors (Lipinski definition) is 1. The third kappa shape index (κ3) is 3.66. The molecule has 0 saturated heterocycles. The van der Waals surface area contributed by atoms with E-state index in [1.165, 1.54) is 12.3 Å². The van der Waals surface area contributed by atoms with Gasteiger partial charge in [-0.05, 0) is 30.8 Å². The zero-order valence-corrected chi connectivity index (χ0v) is 11.2. The van der Waals surface area contributed by atoms with E-state index in [0.29, 0.717) is 11.6 Å². The lowest BCUT2D eigenvalue weighted by Crippen LogP contribution is -2.05. The van der Waals surface area contributed by atoms with E-state index in [2.05, 4.69) is 10.3 Å². The van der Waals surface area contributed by atoms with Crippen molar-refractivity contribution in [2.75, 3.05) is 7.05 Å². The Labute approximate surface area is 116 Å². The molecule has 0 atom stereocenters. The van der Waals surface area contributed by atoms with Gasteiger partial charge < -0.3 is 10.1 Å². The predicted molar refractivity (Wildman–Crippen MR) is 72.7 cm³/mol.